The van der Waals surface area contributed by atoms with Crippen LogP contribution in [0.3, 0.4) is 0 Å². The fraction of sp³-hybridized carbons (Fsp3) is 0.550. The maximum absolute atomic E-state index is 12.9. The third-order valence-electron chi connectivity index (χ3n) is 5.41. The van der Waals surface area contributed by atoms with E-state index in [-0.39, 0.29) is 12.0 Å². The van der Waals surface area contributed by atoms with Crippen LogP contribution in [0.1, 0.15) is 43.4 Å². The largest absolute Gasteiger partial charge is 0.462 e. The van der Waals surface area contributed by atoms with E-state index < -0.39 is 11.7 Å². The van der Waals surface area contributed by atoms with Crippen LogP contribution in [0.5, 0.6) is 5.19 Å². The highest BCUT2D eigenvalue weighted by atomic mass is 32.1. The van der Waals surface area contributed by atoms with E-state index in [1.54, 1.807) is 6.20 Å². The molecule has 1 aromatic heterocycles. The molecule has 2 N–H and O–H groups in total. The van der Waals surface area contributed by atoms with Crippen molar-refractivity contribution in [3.63, 3.8) is 0 Å². The molecular weight excluding hydrogens is 387 g/mol. The van der Waals surface area contributed by atoms with Gasteiger partial charge in [-0.1, -0.05) is 23.5 Å². The van der Waals surface area contributed by atoms with E-state index in [0.717, 1.165) is 50.0 Å². The smallest absolute Gasteiger partial charge is 0.416 e. The lowest BCUT2D eigenvalue weighted by Gasteiger charge is -2.38. The highest BCUT2D eigenvalue weighted by Gasteiger charge is 2.33. The van der Waals surface area contributed by atoms with Crippen molar-refractivity contribution in [2.75, 3.05) is 19.6 Å². The molecule has 0 radical (unpaired) electrons. The van der Waals surface area contributed by atoms with Crippen LogP contribution in [-0.4, -0.2) is 35.6 Å². The molecule has 154 valence electrons. The molecule has 4 nitrogen and oxygen atoms in total. The molecular formula is C20H26F3N3OS. The van der Waals surface area contributed by atoms with Gasteiger partial charge in [0.25, 0.3) is 5.19 Å². The van der Waals surface area contributed by atoms with E-state index in [4.69, 9.17) is 10.5 Å². The number of alkyl halides is 3. The molecule has 1 aliphatic rings. The minimum Gasteiger partial charge on any atom is -0.462 e. The van der Waals surface area contributed by atoms with Gasteiger partial charge in [0.1, 0.15) is 6.10 Å². The number of hydrogen-bond acceptors (Lipinski definition) is 5. The molecule has 0 aliphatic carbocycles. The predicted molar refractivity (Wildman–Crippen MR) is 104 cm³/mol. The van der Waals surface area contributed by atoms with Gasteiger partial charge in [0.15, 0.2) is 0 Å². The molecule has 1 aliphatic heterocycles. The van der Waals surface area contributed by atoms with Crippen molar-refractivity contribution in [3.05, 3.63) is 47.0 Å². The molecule has 2 heterocycles. The fourth-order valence-corrected chi connectivity index (χ4v) is 4.28. The number of nitrogens with zero attached hydrogens (tertiary/aromatic N) is 2. The zero-order chi connectivity index (χ0) is 20.1. The van der Waals surface area contributed by atoms with Crippen molar-refractivity contribution < 1.29 is 17.9 Å². The Morgan fingerprint density at radius 3 is 2.46 bits per heavy atom. The number of benzene rings is 1. The zero-order valence-corrected chi connectivity index (χ0v) is 16.7. The third kappa shape index (κ3) is 5.24. The molecule has 0 bridgehead atoms. The average molecular weight is 414 g/mol. The van der Waals surface area contributed by atoms with E-state index in [2.05, 4.69) is 16.8 Å². The summed E-state index contributed by atoms with van der Waals surface area (Å²) in [6.07, 6.45) is -0.170. The standard InChI is InChI=1S/C20H26F3N3OS/c1-14(6-9-24)26-11-7-16(8-12-26)18(27-19-25-10-13-28-19)15-2-4-17(5-3-15)20(21,22)23/h2-5,10,13-14,16,18H,6-9,11-12,24H2,1H3. The first-order valence-corrected chi connectivity index (χ1v) is 10.4. The molecule has 28 heavy (non-hydrogen) atoms. The van der Waals surface area contributed by atoms with Crippen molar-refractivity contribution >= 4 is 11.3 Å². The van der Waals surface area contributed by atoms with Crippen molar-refractivity contribution in [1.29, 1.82) is 0 Å². The Bertz CT molecular complexity index is 713. The topological polar surface area (TPSA) is 51.4 Å². The first-order valence-electron chi connectivity index (χ1n) is 9.56. The Balaban J connectivity index is 1.75. The van der Waals surface area contributed by atoms with Gasteiger partial charge in [-0.3, -0.25) is 0 Å². The summed E-state index contributed by atoms with van der Waals surface area (Å²) < 4.78 is 44.9. The van der Waals surface area contributed by atoms with Gasteiger partial charge in [-0.05, 0) is 63.5 Å². The molecule has 2 atom stereocenters. The number of rotatable bonds is 7. The Morgan fingerprint density at radius 2 is 1.93 bits per heavy atom. The van der Waals surface area contributed by atoms with Gasteiger partial charge in [-0.2, -0.15) is 13.2 Å². The molecule has 1 fully saturated rings. The molecule has 1 aromatic carbocycles. The van der Waals surface area contributed by atoms with E-state index >= 15 is 0 Å². The number of ether oxygens (including phenoxy) is 1. The van der Waals surface area contributed by atoms with Crippen LogP contribution in [0.4, 0.5) is 13.2 Å². The van der Waals surface area contributed by atoms with Crippen LogP contribution in [0.25, 0.3) is 0 Å². The summed E-state index contributed by atoms with van der Waals surface area (Å²) in [6.45, 7) is 4.73. The van der Waals surface area contributed by atoms with E-state index in [0.29, 0.717) is 17.8 Å². The van der Waals surface area contributed by atoms with Crippen molar-refractivity contribution in [2.24, 2.45) is 11.7 Å². The fourth-order valence-electron chi connectivity index (χ4n) is 3.76. The maximum atomic E-state index is 12.9. The lowest BCUT2D eigenvalue weighted by atomic mass is 9.86. The van der Waals surface area contributed by atoms with Crippen LogP contribution in [0, 0.1) is 5.92 Å². The first kappa shape index (κ1) is 21.1. The predicted octanol–water partition coefficient (Wildman–Crippen LogP) is 4.73. The van der Waals surface area contributed by atoms with Gasteiger partial charge in [-0.15, -0.1) is 0 Å². The summed E-state index contributed by atoms with van der Waals surface area (Å²) in [6, 6.07) is 5.77. The Morgan fingerprint density at radius 1 is 1.25 bits per heavy atom. The third-order valence-corrected chi connectivity index (χ3v) is 6.08. The Hall–Kier alpha value is -1.64. The van der Waals surface area contributed by atoms with Crippen molar-refractivity contribution in [3.8, 4) is 5.19 Å². The second kappa shape index (κ2) is 9.24. The maximum Gasteiger partial charge on any atom is 0.416 e. The van der Waals surface area contributed by atoms with Gasteiger partial charge in [0, 0.05) is 23.5 Å². The number of piperidine rings is 1. The number of likely N-dealkylation sites (tertiary alicyclic amines) is 1. The molecule has 2 unspecified atom stereocenters. The van der Waals surface area contributed by atoms with Gasteiger partial charge < -0.3 is 15.4 Å². The minimum atomic E-state index is -4.34. The molecule has 1 saturated heterocycles. The quantitative estimate of drug-likeness (QED) is 0.713. The van der Waals surface area contributed by atoms with Crippen LogP contribution >= 0.6 is 11.3 Å². The van der Waals surface area contributed by atoms with Crippen LogP contribution in [0.15, 0.2) is 35.8 Å². The summed E-state index contributed by atoms with van der Waals surface area (Å²) in [4.78, 5) is 6.62. The van der Waals surface area contributed by atoms with Crippen LogP contribution in [0.2, 0.25) is 0 Å². The van der Waals surface area contributed by atoms with Crippen LogP contribution in [-0.2, 0) is 6.18 Å². The number of thiazole rings is 1. The summed E-state index contributed by atoms with van der Waals surface area (Å²) in [7, 11) is 0. The van der Waals surface area contributed by atoms with Crippen molar-refractivity contribution in [2.45, 2.75) is 44.5 Å². The Kier molecular flexibility index (Phi) is 6.95. The highest BCUT2D eigenvalue weighted by Crippen LogP contribution is 2.37. The minimum absolute atomic E-state index is 0.224. The molecule has 2 aromatic rings. The lowest BCUT2D eigenvalue weighted by Crippen LogP contribution is -2.42. The normalized spacial score (nSPS) is 18.8. The molecule has 0 spiro atoms. The summed E-state index contributed by atoms with van der Waals surface area (Å²) in [5.74, 6) is 0.224. The first-order chi connectivity index (χ1) is 13.4. The SMILES string of the molecule is CC(CCN)N1CCC(C(Oc2nccs2)c2ccc(C(F)(F)F)cc2)CC1. The number of nitrogens with two attached hydrogens (primary N) is 1. The monoisotopic (exact) mass is 413 g/mol. The summed E-state index contributed by atoms with van der Waals surface area (Å²) in [5.41, 5.74) is 5.79. The van der Waals surface area contributed by atoms with E-state index in [1.165, 1.54) is 23.5 Å². The van der Waals surface area contributed by atoms with E-state index in [1.807, 2.05) is 5.38 Å². The molecule has 3 rings (SSSR count). The second-order valence-corrected chi connectivity index (χ2v) is 8.11. The van der Waals surface area contributed by atoms with Gasteiger partial charge >= 0.3 is 6.18 Å². The van der Waals surface area contributed by atoms with Gasteiger partial charge in [0.2, 0.25) is 0 Å². The van der Waals surface area contributed by atoms with Crippen molar-refractivity contribution in [1.82, 2.24) is 9.88 Å². The summed E-state index contributed by atoms with van der Waals surface area (Å²) >= 11 is 1.39. The Labute approximate surface area is 167 Å². The second-order valence-electron chi connectivity index (χ2n) is 7.26. The number of aromatic nitrogens is 1. The average Bonchev–Trinajstić information content (AvgIpc) is 3.19. The summed E-state index contributed by atoms with van der Waals surface area (Å²) in [5, 5.41) is 2.37. The van der Waals surface area contributed by atoms with Crippen LogP contribution < -0.4 is 10.5 Å². The zero-order valence-electron chi connectivity index (χ0n) is 15.9. The molecule has 8 heteroatoms. The highest BCUT2D eigenvalue weighted by molar-refractivity contribution is 7.11. The van der Waals surface area contributed by atoms with Gasteiger partial charge in [-0.25, -0.2) is 4.98 Å². The molecule has 0 saturated carbocycles. The lowest BCUT2D eigenvalue weighted by molar-refractivity contribution is -0.137. The van der Waals surface area contributed by atoms with E-state index in [9.17, 15) is 13.2 Å². The molecule has 0 amide bonds. The van der Waals surface area contributed by atoms with Gasteiger partial charge in [0.05, 0.1) is 5.56 Å². The number of halogens is 3. The number of hydrogen-bond donors (Lipinski definition) is 1.